The summed E-state index contributed by atoms with van der Waals surface area (Å²) in [4.78, 5) is 4.57. The molecule has 1 aromatic rings. The first-order chi connectivity index (χ1) is 9.60. The Morgan fingerprint density at radius 2 is 1.95 bits per heavy atom. The molecule has 0 bridgehead atoms. The summed E-state index contributed by atoms with van der Waals surface area (Å²) in [5.41, 5.74) is 6.06. The van der Waals surface area contributed by atoms with E-state index in [4.69, 9.17) is 10.3 Å². The van der Waals surface area contributed by atoms with Crippen LogP contribution < -0.4 is 5.73 Å². The van der Waals surface area contributed by atoms with Crippen molar-refractivity contribution in [3.05, 3.63) is 11.7 Å². The predicted octanol–water partition coefficient (Wildman–Crippen LogP) is 3.67. The fourth-order valence-corrected chi connectivity index (χ4v) is 3.07. The van der Waals surface area contributed by atoms with E-state index in [0.717, 1.165) is 11.7 Å². The Hall–Kier alpha value is -0.900. The third-order valence-corrected chi connectivity index (χ3v) is 4.66. The van der Waals surface area contributed by atoms with Gasteiger partial charge in [-0.15, -0.1) is 0 Å². The molecule has 1 heterocycles. The minimum absolute atomic E-state index is 0.101. The molecule has 1 atom stereocenters. The third kappa shape index (κ3) is 4.05. The van der Waals surface area contributed by atoms with Gasteiger partial charge in [-0.05, 0) is 37.5 Å². The molecule has 0 spiro atoms. The van der Waals surface area contributed by atoms with E-state index in [-0.39, 0.29) is 6.04 Å². The third-order valence-electron chi connectivity index (χ3n) is 4.66. The van der Waals surface area contributed by atoms with Gasteiger partial charge in [-0.3, -0.25) is 0 Å². The van der Waals surface area contributed by atoms with E-state index in [2.05, 4.69) is 30.9 Å². The fraction of sp³-hybridized carbons (Fsp3) is 0.875. The lowest BCUT2D eigenvalue weighted by atomic mass is 9.80. The Balaban J connectivity index is 1.87. The van der Waals surface area contributed by atoms with Gasteiger partial charge in [0.05, 0.1) is 0 Å². The van der Waals surface area contributed by atoms with Gasteiger partial charge < -0.3 is 10.3 Å². The number of hydrogen-bond donors (Lipinski definition) is 1. The Bertz CT molecular complexity index is 394. The largest absolute Gasteiger partial charge is 0.339 e. The molecule has 2 rings (SSSR count). The Morgan fingerprint density at radius 3 is 2.55 bits per heavy atom. The van der Waals surface area contributed by atoms with Gasteiger partial charge in [0.15, 0.2) is 5.82 Å². The molecule has 2 N–H and O–H groups in total. The standard InChI is InChI=1S/C16H29N3O/c1-4-5-12-6-8-13(9-7-12)16-18-15(20-19-16)10-14(17)11(2)3/h11-14H,4-10,17H2,1-3H3. The highest BCUT2D eigenvalue weighted by Gasteiger charge is 2.25. The molecular weight excluding hydrogens is 250 g/mol. The predicted molar refractivity (Wildman–Crippen MR) is 80.4 cm³/mol. The van der Waals surface area contributed by atoms with Crippen molar-refractivity contribution < 1.29 is 4.52 Å². The maximum absolute atomic E-state index is 6.06. The van der Waals surface area contributed by atoms with Crippen molar-refractivity contribution in [3.8, 4) is 0 Å². The van der Waals surface area contributed by atoms with Crippen LogP contribution in [0.15, 0.2) is 4.52 Å². The van der Waals surface area contributed by atoms with Crippen molar-refractivity contribution in [2.75, 3.05) is 0 Å². The summed E-state index contributed by atoms with van der Waals surface area (Å²) in [7, 11) is 0. The fourth-order valence-electron chi connectivity index (χ4n) is 3.07. The van der Waals surface area contributed by atoms with Crippen molar-refractivity contribution in [2.45, 2.75) is 77.7 Å². The number of nitrogens with zero attached hydrogens (tertiary/aromatic N) is 2. The highest BCUT2D eigenvalue weighted by atomic mass is 16.5. The van der Waals surface area contributed by atoms with Gasteiger partial charge in [0.1, 0.15) is 0 Å². The van der Waals surface area contributed by atoms with Crippen LogP contribution >= 0.6 is 0 Å². The molecule has 4 nitrogen and oxygen atoms in total. The molecule has 0 saturated heterocycles. The molecule has 1 unspecified atom stereocenters. The Labute approximate surface area is 122 Å². The first-order valence-electron chi connectivity index (χ1n) is 8.18. The Kier molecular flexibility index (Phi) is 5.58. The molecule has 0 radical (unpaired) electrons. The van der Waals surface area contributed by atoms with Gasteiger partial charge in [0.25, 0.3) is 0 Å². The van der Waals surface area contributed by atoms with Crippen LogP contribution in [0, 0.1) is 11.8 Å². The summed E-state index contributed by atoms with van der Waals surface area (Å²) in [5, 5.41) is 4.18. The quantitative estimate of drug-likeness (QED) is 0.863. The maximum atomic E-state index is 6.06. The van der Waals surface area contributed by atoms with Crippen LogP contribution in [0.3, 0.4) is 0 Å². The minimum atomic E-state index is 0.101. The van der Waals surface area contributed by atoms with Crippen molar-refractivity contribution in [1.82, 2.24) is 10.1 Å². The van der Waals surface area contributed by atoms with E-state index in [9.17, 15) is 0 Å². The van der Waals surface area contributed by atoms with Crippen LogP contribution in [0.4, 0.5) is 0 Å². The normalized spacial score (nSPS) is 25.1. The van der Waals surface area contributed by atoms with Crippen molar-refractivity contribution >= 4 is 0 Å². The van der Waals surface area contributed by atoms with E-state index in [0.29, 0.717) is 24.1 Å². The molecule has 114 valence electrons. The molecule has 1 saturated carbocycles. The highest BCUT2D eigenvalue weighted by molar-refractivity contribution is 4.98. The molecular formula is C16H29N3O. The SMILES string of the molecule is CCCC1CCC(c2noc(CC(N)C(C)C)n2)CC1. The summed E-state index contributed by atoms with van der Waals surface area (Å²) in [6.45, 7) is 6.52. The van der Waals surface area contributed by atoms with Crippen molar-refractivity contribution in [2.24, 2.45) is 17.6 Å². The molecule has 4 heteroatoms. The smallest absolute Gasteiger partial charge is 0.228 e. The number of aromatic nitrogens is 2. The summed E-state index contributed by atoms with van der Waals surface area (Å²) < 4.78 is 5.37. The molecule has 0 aliphatic heterocycles. The molecule has 0 amide bonds. The first-order valence-corrected chi connectivity index (χ1v) is 8.18. The number of rotatable bonds is 6. The molecule has 1 aromatic heterocycles. The zero-order chi connectivity index (χ0) is 14.5. The van der Waals surface area contributed by atoms with Gasteiger partial charge in [-0.2, -0.15) is 4.98 Å². The van der Waals surface area contributed by atoms with Crippen LogP contribution in [-0.4, -0.2) is 16.2 Å². The van der Waals surface area contributed by atoms with E-state index in [1.807, 2.05) is 0 Å². The molecule has 1 aliphatic carbocycles. The van der Waals surface area contributed by atoms with Gasteiger partial charge in [0.2, 0.25) is 5.89 Å². The Morgan fingerprint density at radius 1 is 1.25 bits per heavy atom. The lowest BCUT2D eigenvalue weighted by Crippen LogP contribution is -2.28. The average Bonchev–Trinajstić information content (AvgIpc) is 2.88. The summed E-state index contributed by atoms with van der Waals surface area (Å²) in [5.74, 6) is 3.46. The topological polar surface area (TPSA) is 64.9 Å². The monoisotopic (exact) mass is 279 g/mol. The van der Waals surface area contributed by atoms with Crippen molar-refractivity contribution in [1.29, 1.82) is 0 Å². The summed E-state index contributed by atoms with van der Waals surface area (Å²) >= 11 is 0. The van der Waals surface area contributed by atoms with Gasteiger partial charge in [-0.25, -0.2) is 0 Å². The minimum Gasteiger partial charge on any atom is -0.339 e. The van der Waals surface area contributed by atoms with Crippen LogP contribution in [-0.2, 0) is 6.42 Å². The summed E-state index contributed by atoms with van der Waals surface area (Å²) in [6, 6.07) is 0.101. The number of nitrogens with two attached hydrogens (primary N) is 1. The molecule has 1 aliphatic rings. The first kappa shape index (κ1) is 15.5. The molecule has 20 heavy (non-hydrogen) atoms. The van der Waals surface area contributed by atoms with Gasteiger partial charge in [0, 0.05) is 18.4 Å². The van der Waals surface area contributed by atoms with Gasteiger partial charge in [-0.1, -0.05) is 38.8 Å². The van der Waals surface area contributed by atoms with E-state index in [1.165, 1.54) is 38.5 Å². The zero-order valence-corrected chi connectivity index (χ0v) is 13.1. The van der Waals surface area contributed by atoms with Crippen LogP contribution in [0.5, 0.6) is 0 Å². The number of hydrogen-bond acceptors (Lipinski definition) is 4. The van der Waals surface area contributed by atoms with Gasteiger partial charge >= 0.3 is 0 Å². The lowest BCUT2D eigenvalue weighted by Gasteiger charge is -2.26. The molecule has 1 fully saturated rings. The second-order valence-corrected chi connectivity index (χ2v) is 6.66. The van der Waals surface area contributed by atoms with Crippen LogP contribution in [0.25, 0.3) is 0 Å². The second-order valence-electron chi connectivity index (χ2n) is 6.66. The second kappa shape index (κ2) is 7.21. The van der Waals surface area contributed by atoms with E-state index in [1.54, 1.807) is 0 Å². The maximum Gasteiger partial charge on any atom is 0.228 e. The van der Waals surface area contributed by atoms with E-state index >= 15 is 0 Å². The zero-order valence-electron chi connectivity index (χ0n) is 13.1. The lowest BCUT2D eigenvalue weighted by molar-refractivity contribution is 0.294. The van der Waals surface area contributed by atoms with Crippen LogP contribution in [0.2, 0.25) is 0 Å². The molecule has 0 aromatic carbocycles. The van der Waals surface area contributed by atoms with Crippen LogP contribution in [0.1, 0.15) is 76.9 Å². The highest BCUT2D eigenvalue weighted by Crippen LogP contribution is 2.36. The summed E-state index contributed by atoms with van der Waals surface area (Å²) in [6.07, 6.45) is 8.40. The van der Waals surface area contributed by atoms with Crippen molar-refractivity contribution in [3.63, 3.8) is 0 Å². The average molecular weight is 279 g/mol. The van der Waals surface area contributed by atoms with E-state index < -0.39 is 0 Å².